The molecule has 0 amide bonds. The van der Waals surface area contributed by atoms with Crippen molar-refractivity contribution in [1.82, 2.24) is 10.2 Å². The summed E-state index contributed by atoms with van der Waals surface area (Å²) in [5.41, 5.74) is 0.463. The molecule has 3 atom stereocenters. The number of hydrogen-bond donors (Lipinski definition) is 3. The molecular formula is C31H35FN2O4. The van der Waals surface area contributed by atoms with Crippen LogP contribution in [0.5, 0.6) is 5.75 Å². The minimum Gasteiger partial charge on any atom is -0.508 e. The molecule has 3 aliphatic rings. The maximum atomic E-state index is 14.7. The molecule has 6 nitrogen and oxygen atoms in total. The molecule has 0 aromatic heterocycles. The van der Waals surface area contributed by atoms with Crippen molar-refractivity contribution in [3.05, 3.63) is 82.4 Å². The number of nitrogens with zero attached hydrogens (tertiary/aromatic N) is 1. The van der Waals surface area contributed by atoms with Crippen LogP contribution in [0, 0.1) is 30.0 Å². The van der Waals surface area contributed by atoms with Gasteiger partial charge in [0.05, 0.1) is 5.41 Å². The van der Waals surface area contributed by atoms with E-state index < -0.39 is 11.2 Å². The van der Waals surface area contributed by atoms with E-state index in [1.54, 1.807) is 37.3 Å². The Morgan fingerprint density at radius 2 is 1.92 bits per heavy atom. The van der Waals surface area contributed by atoms with Gasteiger partial charge in [-0.2, -0.15) is 0 Å². The quantitative estimate of drug-likeness (QED) is 0.475. The van der Waals surface area contributed by atoms with E-state index in [2.05, 4.69) is 10.2 Å². The number of aliphatic hydroxyl groups is 1. The zero-order valence-electron chi connectivity index (χ0n) is 22.0. The zero-order valence-corrected chi connectivity index (χ0v) is 22.0. The molecule has 3 N–H and O–H groups in total. The van der Waals surface area contributed by atoms with Gasteiger partial charge in [-0.1, -0.05) is 24.3 Å². The second kappa shape index (κ2) is 10.5. The van der Waals surface area contributed by atoms with Gasteiger partial charge in [0.15, 0.2) is 5.78 Å². The van der Waals surface area contributed by atoms with Gasteiger partial charge in [-0.25, -0.2) is 4.39 Å². The molecule has 38 heavy (non-hydrogen) atoms. The first kappa shape index (κ1) is 26.3. The Labute approximate surface area is 222 Å². The molecule has 0 radical (unpaired) electrons. The monoisotopic (exact) mass is 518 g/mol. The van der Waals surface area contributed by atoms with Crippen LogP contribution in [0.1, 0.15) is 47.2 Å². The standard InChI is InChI=1S/C31H35FN2O4/c1-19-24(9-4-10-26(19)32)28-25(29(37)20-6-3-8-23(35)14-20)15-31(16-27(28)36,22-11-13-34(2)18-22)30(38)21-7-5-12-33-17-21/h3-4,6,8-10,14,16,21-22,33,35-36H,5,7,11-13,15,17-18H2,1-2H3. The fraction of sp³-hybridized carbons (Fsp3) is 0.419. The van der Waals surface area contributed by atoms with Crippen LogP contribution in [0.2, 0.25) is 0 Å². The first-order chi connectivity index (χ1) is 18.2. The van der Waals surface area contributed by atoms with Gasteiger partial charge in [-0.15, -0.1) is 0 Å². The fourth-order valence-electron chi connectivity index (χ4n) is 6.53. The zero-order chi connectivity index (χ0) is 27.0. The molecule has 5 rings (SSSR count). The lowest BCUT2D eigenvalue weighted by atomic mass is 9.60. The van der Waals surface area contributed by atoms with E-state index >= 15 is 0 Å². The summed E-state index contributed by atoms with van der Waals surface area (Å²) in [4.78, 5) is 30.7. The fourth-order valence-corrected chi connectivity index (χ4v) is 6.53. The molecule has 2 saturated heterocycles. The largest absolute Gasteiger partial charge is 0.508 e. The lowest BCUT2D eigenvalue weighted by molar-refractivity contribution is -0.133. The van der Waals surface area contributed by atoms with Crippen LogP contribution in [-0.4, -0.2) is 59.9 Å². The number of piperidine rings is 1. The van der Waals surface area contributed by atoms with Crippen LogP contribution in [0.3, 0.4) is 0 Å². The Kier molecular flexibility index (Phi) is 7.25. The van der Waals surface area contributed by atoms with Crippen LogP contribution in [-0.2, 0) is 4.79 Å². The third kappa shape index (κ3) is 4.69. The smallest absolute Gasteiger partial charge is 0.189 e. The molecule has 7 heteroatoms. The third-order valence-corrected chi connectivity index (χ3v) is 8.59. The van der Waals surface area contributed by atoms with Gasteiger partial charge in [0.2, 0.25) is 0 Å². The number of ketones is 2. The van der Waals surface area contributed by atoms with E-state index in [9.17, 15) is 24.2 Å². The Morgan fingerprint density at radius 3 is 2.61 bits per heavy atom. The highest BCUT2D eigenvalue weighted by Gasteiger charge is 2.52. The molecule has 0 saturated carbocycles. The maximum absolute atomic E-state index is 14.7. The minimum atomic E-state index is -1.06. The molecule has 2 fully saturated rings. The topological polar surface area (TPSA) is 89.9 Å². The third-order valence-electron chi connectivity index (χ3n) is 8.59. The number of hydrogen-bond acceptors (Lipinski definition) is 6. The van der Waals surface area contributed by atoms with Gasteiger partial charge in [0.1, 0.15) is 23.1 Å². The molecule has 3 unspecified atom stereocenters. The number of halogens is 1. The Morgan fingerprint density at radius 1 is 1.13 bits per heavy atom. The van der Waals surface area contributed by atoms with Crippen molar-refractivity contribution in [3.8, 4) is 5.75 Å². The molecule has 200 valence electrons. The Bertz CT molecular complexity index is 1330. The second-order valence-corrected chi connectivity index (χ2v) is 11.0. The Balaban J connectivity index is 1.70. The van der Waals surface area contributed by atoms with Gasteiger partial charge < -0.3 is 20.4 Å². The van der Waals surface area contributed by atoms with E-state index in [4.69, 9.17) is 0 Å². The van der Waals surface area contributed by atoms with Crippen LogP contribution < -0.4 is 5.32 Å². The lowest BCUT2D eigenvalue weighted by Gasteiger charge is -2.42. The molecule has 2 heterocycles. The molecule has 2 aromatic carbocycles. The summed E-state index contributed by atoms with van der Waals surface area (Å²) in [7, 11) is 2.02. The predicted molar refractivity (Wildman–Crippen MR) is 144 cm³/mol. The SMILES string of the molecule is Cc1c(F)cccc1C1=C(C(=O)c2cccc(O)c2)CC(C(=O)C2CCCNC2)(C2CCN(C)C2)C=C1O. The summed E-state index contributed by atoms with van der Waals surface area (Å²) in [6, 6.07) is 10.7. The van der Waals surface area contributed by atoms with E-state index in [0.29, 0.717) is 24.2 Å². The number of likely N-dealkylation sites (tertiary alicyclic amines) is 1. The number of carbonyl (C=O) groups excluding carboxylic acids is 2. The molecule has 2 aliphatic heterocycles. The summed E-state index contributed by atoms with van der Waals surface area (Å²) < 4.78 is 14.7. The molecule has 2 aromatic rings. The van der Waals surface area contributed by atoms with Crippen LogP contribution >= 0.6 is 0 Å². The summed E-state index contributed by atoms with van der Waals surface area (Å²) in [5.74, 6) is -1.29. The van der Waals surface area contributed by atoms with Gasteiger partial charge >= 0.3 is 0 Å². The summed E-state index contributed by atoms with van der Waals surface area (Å²) >= 11 is 0. The van der Waals surface area contributed by atoms with Crippen molar-refractivity contribution in [2.75, 3.05) is 33.2 Å². The Hall–Kier alpha value is -3.29. The second-order valence-electron chi connectivity index (χ2n) is 11.0. The lowest BCUT2D eigenvalue weighted by Crippen LogP contribution is -2.48. The van der Waals surface area contributed by atoms with Gasteiger partial charge in [0.25, 0.3) is 0 Å². The van der Waals surface area contributed by atoms with Crippen molar-refractivity contribution in [3.63, 3.8) is 0 Å². The molecule has 0 bridgehead atoms. The number of carbonyl (C=O) groups is 2. The molecular weight excluding hydrogens is 483 g/mol. The van der Waals surface area contributed by atoms with E-state index in [1.165, 1.54) is 18.2 Å². The normalized spacial score (nSPS) is 26.3. The summed E-state index contributed by atoms with van der Waals surface area (Å²) in [6.45, 7) is 4.57. The van der Waals surface area contributed by atoms with Crippen molar-refractivity contribution < 1.29 is 24.2 Å². The number of aromatic hydroxyl groups is 1. The van der Waals surface area contributed by atoms with Gasteiger partial charge in [0, 0.05) is 35.7 Å². The average Bonchev–Trinajstić information content (AvgIpc) is 3.36. The number of phenols is 1. The highest BCUT2D eigenvalue weighted by atomic mass is 19.1. The first-order valence-corrected chi connectivity index (χ1v) is 13.4. The van der Waals surface area contributed by atoms with Crippen LogP contribution in [0.4, 0.5) is 4.39 Å². The number of Topliss-reactive ketones (excluding diaryl/α,β-unsaturated/α-hetero) is 2. The number of allylic oxidation sites excluding steroid dienone is 3. The van der Waals surface area contributed by atoms with Crippen molar-refractivity contribution in [2.24, 2.45) is 17.3 Å². The first-order valence-electron chi connectivity index (χ1n) is 13.4. The maximum Gasteiger partial charge on any atom is 0.189 e. The number of benzene rings is 2. The van der Waals surface area contributed by atoms with Crippen molar-refractivity contribution >= 4 is 17.1 Å². The van der Waals surface area contributed by atoms with Crippen LogP contribution in [0.25, 0.3) is 5.57 Å². The summed E-state index contributed by atoms with van der Waals surface area (Å²) in [6.07, 6.45) is 4.22. The van der Waals surface area contributed by atoms with Crippen molar-refractivity contribution in [1.29, 1.82) is 0 Å². The van der Waals surface area contributed by atoms with Gasteiger partial charge in [-0.05, 0) is 94.1 Å². The number of aliphatic hydroxyl groups excluding tert-OH is 1. The predicted octanol–water partition coefficient (Wildman–Crippen LogP) is 4.83. The number of phenolic OH excluding ortho intramolecular Hbond substituents is 1. The average molecular weight is 519 g/mol. The van der Waals surface area contributed by atoms with E-state index in [0.717, 1.165) is 32.4 Å². The van der Waals surface area contributed by atoms with E-state index in [-0.39, 0.29) is 58.0 Å². The molecule has 0 spiro atoms. The summed E-state index contributed by atoms with van der Waals surface area (Å²) in [5, 5.41) is 25.1. The van der Waals surface area contributed by atoms with Crippen LogP contribution in [0.15, 0.2) is 59.9 Å². The minimum absolute atomic E-state index is 0.0489. The highest BCUT2D eigenvalue weighted by molar-refractivity contribution is 6.16. The number of nitrogens with one attached hydrogen (secondary N) is 1. The van der Waals surface area contributed by atoms with Crippen molar-refractivity contribution in [2.45, 2.75) is 32.6 Å². The highest BCUT2D eigenvalue weighted by Crippen LogP contribution is 2.51. The number of rotatable bonds is 6. The van der Waals surface area contributed by atoms with Gasteiger partial charge in [-0.3, -0.25) is 9.59 Å². The van der Waals surface area contributed by atoms with E-state index in [1.807, 2.05) is 7.05 Å². The molecule has 1 aliphatic carbocycles.